The molecular formula is C14H25N3O3S. The third-order valence-electron chi connectivity index (χ3n) is 4.23. The van der Waals surface area contributed by atoms with Crippen LogP contribution in [0.3, 0.4) is 0 Å². The van der Waals surface area contributed by atoms with Gasteiger partial charge in [-0.05, 0) is 31.1 Å². The molecule has 1 aromatic heterocycles. The molecule has 7 heteroatoms. The van der Waals surface area contributed by atoms with Gasteiger partial charge < -0.3 is 5.11 Å². The van der Waals surface area contributed by atoms with Crippen molar-refractivity contribution in [2.45, 2.75) is 44.6 Å². The van der Waals surface area contributed by atoms with Crippen molar-refractivity contribution in [3.63, 3.8) is 0 Å². The minimum atomic E-state index is -3.43. The van der Waals surface area contributed by atoms with Gasteiger partial charge >= 0.3 is 0 Å². The summed E-state index contributed by atoms with van der Waals surface area (Å²) >= 11 is 0. The summed E-state index contributed by atoms with van der Waals surface area (Å²) in [5.41, 5.74) is 0. The Hall–Kier alpha value is -0.920. The van der Waals surface area contributed by atoms with E-state index >= 15 is 0 Å². The second-order valence-corrected chi connectivity index (χ2v) is 7.94. The molecule has 0 spiro atoms. The molecule has 1 saturated heterocycles. The van der Waals surface area contributed by atoms with Gasteiger partial charge in [0.05, 0.1) is 6.20 Å². The predicted molar refractivity (Wildman–Crippen MR) is 80.3 cm³/mol. The van der Waals surface area contributed by atoms with Gasteiger partial charge in [-0.2, -0.15) is 9.40 Å². The Morgan fingerprint density at radius 1 is 1.38 bits per heavy atom. The monoisotopic (exact) mass is 315 g/mol. The van der Waals surface area contributed by atoms with Crippen molar-refractivity contribution in [2.24, 2.45) is 11.8 Å². The van der Waals surface area contributed by atoms with Gasteiger partial charge in [0.2, 0.25) is 10.0 Å². The van der Waals surface area contributed by atoms with Crippen molar-refractivity contribution >= 4 is 10.0 Å². The molecule has 2 rings (SSSR count). The fourth-order valence-electron chi connectivity index (χ4n) is 2.76. The summed E-state index contributed by atoms with van der Waals surface area (Å²) < 4.78 is 28.3. The number of hydrogen-bond donors (Lipinski definition) is 1. The fourth-order valence-corrected chi connectivity index (χ4v) is 4.19. The van der Waals surface area contributed by atoms with Crippen molar-refractivity contribution in [3.05, 3.63) is 12.4 Å². The quantitative estimate of drug-likeness (QED) is 0.859. The highest BCUT2D eigenvalue weighted by Crippen LogP contribution is 2.27. The van der Waals surface area contributed by atoms with Crippen LogP contribution in [-0.4, -0.2) is 47.3 Å². The van der Waals surface area contributed by atoms with Crippen LogP contribution in [0.4, 0.5) is 0 Å². The molecule has 0 radical (unpaired) electrons. The van der Waals surface area contributed by atoms with E-state index in [1.54, 1.807) is 15.2 Å². The minimum absolute atomic E-state index is 0.0741. The molecule has 120 valence electrons. The smallest absolute Gasteiger partial charge is 0.246 e. The SMILES string of the molecule is CC(C)C1CCN(S(=O)(=O)c2cnn(CCCO)c2)CC1. The van der Waals surface area contributed by atoms with Gasteiger partial charge in [-0.1, -0.05) is 13.8 Å². The largest absolute Gasteiger partial charge is 0.396 e. The van der Waals surface area contributed by atoms with E-state index in [4.69, 9.17) is 5.11 Å². The second kappa shape index (κ2) is 6.89. The van der Waals surface area contributed by atoms with Crippen molar-refractivity contribution in [1.82, 2.24) is 14.1 Å². The highest BCUT2D eigenvalue weighted by molar-refractivity contribution is 7.89. The summed E-state index contributed by atoms with van der Waals surface area (Å²) in [4.78, 5) is 0.253. The summed E-state index contributed by atoms with van der Waals surface area (Å²) in [6.45, 7) is 6.17. The normalized spacial score (nSPS) is 18.5. The van der Waals surface area contributed by atoms with E-state index in [0.29, 0.717) is 37.9 Å². The van der Waals surface area contributed by atoms with E-state index in [9.17, 15) is 8.42 Å². The Morgan fingerprint density at radius 3 is 2.62 bits per heavy atom. The number of sulfonamides is 1. The Labute approximate surface area is 126 Å². The third-order valence-corrected chi connectivity index (χ3v) is 6.09. The number of piperidine rings is 1. The molecule has 0 saturated carbocycles. The van der Waals surface area contributed by atoms with Crippen molar-refractivity contribution in [3.8, 4) is 0 Å². The zero-order chi connectivity index (χ0) is 15.5. The lowest BCUT2D eigenvalue weighted by molar-refractivity contribution is 0.226. The molecule has 0 aromatic carbocycles. The molecular weight excluding hydrogens is 290 g/mol. The molecule has 21 heavy (non-hydrogen) atoms. The highest BCUT2D eigenvalue weighted by Gasteiger charge is 2.31. The molecule has 1 fully saturated rings. The predicted octanol–water partition coefficient (Wildman–Crippen LogP) is 1.32. The summed E-state index contributed by atoms with van der Waals surface area (Å²) in [6.07, 6.45) is 5.38. The number of hydrogen-bond acceptors (Lipinski definition) is 4. The fraction of sp³-hybridized carbons (Fsp3) is 0.786. The first-order valence-corrected chi connectivity index (χ1v) is 9.02. The summed E-state index contributed by atoms with van der Waals surface area (Å²) in [5.74, 6) is 1.22. The topological polar surface area (TPSA) is 75.4 Å². The van der Waals surface area contributed by atoms with E-state index < -0.39 is 10.0 Å². The van der Waals surface area contributed by atoms with E-state index in [1.165, 1.54) is 6.20 Å². The van der Waals surface area contributed by atoms with Gasteiger partial charge in [0.15, 0.2) is 0 Å². The Kier molecular flexibility index (Phi) is 5.40. The first kappa shape index (κ1) is 16.5. The maximum absolute atomic E-state index is 12.6. The number of nitrogens with zero attached hydrogens (tertiary/aromatic N) is 3. The summed E-state index contributed by atoms with van der Waals surface area (Å²) in [5, 5.41) is 12.9. The van der Waals surface area contributed by atoms with Crippen LogP contribution in [0.25, 0.3) is 0 Å². The third kappa shape index (κ3) is 3.84. The van der Waals surface area contributed by atoms with Gasteiger partial charge in [-0.25, -0.2) is 8.42 Å². The number of aryl methyl sites for hydroxylation is 1. The average Bonchev–Trinajstić information content (AvgIpc) is 2.94. The van der Waals surface area contributed by atoms with Crippen molar-refractivity contribution in [2.75, 3.05) is 19.7 Å². The standard InChI is InChI=1S/C14H25N3O3S/c1-12(2)13-4-7-17(8-5-13)21(19,20)14-10-15-16(11-14)6-3-9-18/h10-13,18H,3-9H2,1-2H3. The van der Waals surface area contributed by atoms with Crippen LogP contribution in [0.1, 0.15) is 33.1 Å². The number of aliphatic hydroxyl groups excluding tert-OH is 1. The highest BCUT2D eigenvalue weighted by atomic mass is 32.2. The number of aliphatic hydroxyl groups is 1. The van der Waals surface area contributed by atoms with Gasteiger partial charge in [-0.15, -0.1) is 0 Å². The zero-order valence-electron chi connectivity index (χ0n) is 12.8. The maximum atomic E-state index is 12.6. The van der Waals surface area contributed by atoms with Crippen molar-refractivity contribution in [1.29, 1.82) is 0 Å². The maximum Gasteiger partial charge on any atom is 0.246 e. The minimum Gasteiger partial charge on any atom is -0.396 e. The van der Waals surface area contributed by atoms with Crippen LogP contribution in [0.15, 0.2) is 17.3 Å². The molecule has 6 nitrogen and oxygen atoms in total. The van der Waals surface area contributed by atoms with Gasteiger partial charge in [-0.3, -0.25) is 4.68 Å². The Bertz CT molecular complexity index is 546. The first-order chi connectivity index (χ1) is 9.95. The van der Waals surface area contributed by atoms with Crippen LogP contribution in [0.2, 0.25) is 0 Å². The summed E-state index contributed by atoms with van der Waals surface area (Å²) in [6, 6.07) is 0. The van der Waals surface area contributed by atoms with Crippen LogP contribution in [-0.2, 0) is 16.6 Å². The Balaban J connectivity index is 2.03. The molecule has 0 bridgehead atoms. The van der Waals surface area contributed by atoms with E-state index in [0.717, 1.165) is 12.8 Å². The summed E-state index contributed by atoms with van der Waals surface area (Å²) in [7, 11) is -3.43. The van der Waals surface area contributed by atoms with E-state index in [2.05, 4.69) is 18.9 Å². The molecule has 1 aliphatic heterocycles. The molecule has 0 unspecified atom stereocenters. The Morgan fingerprint density at radius 2 is 2.05 bits per heavy atom. The van der Waals surface area contributed by atoms with Crippen LogP contribution in [0.5, 0.6) is 0 Å². The average molecular weight is 315 g/mol. The van der Waals surface area contributed by atoms with Crippen LogP contribution in [0, 0.1) is 11.8 Å². The molecule has 1 N–H and O–H groups in total. The lowest BCUT2D eigenvalue weighted by Gasteiger charge is -2.32. The molecule has 0 amide bonds. The van der Waals surface area contributed by atoms with Crippen LogP contribution >= 0.6 is 0 Å². The van der Waals surface area contributed by atoms with E-state index in [1.807, 2.05) is 0 Å². The lowest BCUT2D eigenvalue weighted by atomic mass is 9.87. The molecule has 1 aliphatic rings. The lowest BCUT2D eigenvalue weighted by Crippen LogP contribution is -2.39. The van der Waals surface area contributed by atoms with Gasteiger partial charge in [0, 0.05) is 32.4 Å². The zero-order valence-corrected chi connectivity index (χ0v) is 13.6. The van der Waals surface area contributed by atoms with E-state index in [-0.39, 0.29) is 11.5 Å². The first-order valence-electron chi connectivity index (χ1n) is 7.58. The number of aromatic nitrogens is 2. The second-order valence-electron chi connectivity index (χ2n) is 6.00. The van der Waals surface area contributed by atoms with Gasteiger partial charge in [0.1, 0.15) is 4.90 Å². The number of rotatable bonds is 6. The molecule has 0 aliphatic carbocycles. The molecule has 0 atom stereocenters. The van der Waals surface area contributed by atoms with Crippen molar-refractivity contribution < 1.29 is 13.5 Å². The van der Waals surface area contributed by atoms with Gasteiger partial charge in [0.25, 0.3) is 0 Å². The van der Waals surface area contributed by atoms with Crippen LogP contribution < -0.4 is 0 Å². The molecule has 2 heterocycles. The molecule has 1 aromatic rings.